The smallest absolute Gasteiger partial charge is 0.0454 e. The summed E-state index contributed by atoms with van der Waals surface area (Å²) in [5.74, 6) is 0.660. The zero-order valence-corrected chi connectivity index (χ0v) is 21.6. The monoisotopic (exact) mass is 457 g/mol. The van der Waals surface area contributed by atoms with Gasteiger partial charge in [0.15, 0.2) is 0 Å². The Morgan fingerprint density at radius 2 is 1.37 bits per heavy atom. The van der Waals surface area contributed by atoms with Gasteiger partial charge in [0.05, 0.1) is 0 Å². The van der Waals surface area contributed by atoms with Crippen molar-refractivity contribution in [3.8, 4) is 22.3 Å². The van der Waals surface area contributed by atoms with Gasteiger partial charge in [0, 0.05) is 22.3 Å². The molecule has 0 saturated heterocycles. The van der Waals surface area contributed by atoms with Crippen molar-refractivity contribution in [3.63, 3.8) is 0 Å². The van der Waals surface area contributed by atoms with Crippen molar-refractivity contribution in [2.24, 2.45) is 0 Å². The Labute approximate surface area is 210 Å². The fourth-order valence-electron chi connectivity index (χ4n) is 6.01. The molecule has 0 unspecified atom stereocenters. The Kier molecular flexibility index (Phi) is 4.97. The van der Waals surface area contributed by atoms with Crippen molar-refractivity contribution >= 4 is 11.4 Å². The molecule has 0 heterocycles. The third-order valence-corrected chi connectivity index (χ3v) is 7.87. The Bertz CT molecular complexity index is 1400. The van der Waals surface area contributed by atoms with Crippen LogP contribution in [0, 0.1) is 0 Å². The van der Waals surface area contributed by atoms with E-state index in [9.17, 15) is 0 Å². The number of benzene rings is 4. The topological polar surface area (TPSA) is 3.24 Å². The molecule has 1 fully saturated rings. The standard InChI is InChI=1S/C34H35N/c1-33(2,3)35(26-15-11-14-25(20-26)23-12-7-6-8-13-23)32-22-31-29(21-28(32)24-18-19-24)27-16-9-10-17-30(27)34(31,4)5/h6-17,20-22,24H,18-19H2,1-5H3. The first-order chi connectivity index (χ1) is 16.7. The van der Waals surface area contributed by atoms with Crippen molar-refractivity contribution < 1.29 is 0 Å². The molecule has 0 radical (unpaired) electrons. The second kappa shape index (κ2) is 7.85. The predicted molar refractivity (Wildman–Crippen MR) is 150 cm³/mol. The SMILES string of the molecule is CC1(C)c2ccccc2-c2cc(C3CC3)c(N(c3cccc(-c4ccccc4)c3)C(C)(C)C)cc21. The maximum absolute atomic E-state index is 2.59. The summed E-state index contributed by atoms with van der Waals surface area (Å²) >= 11 is 0. The van der Waals surface area contributed by atoms with Crippen LogP contribution < -0.4 is 4.90 Å². The van der Waals surface area contributed by atoms with Crippen LogP contribution in [-0.4, -0.2) is 5.54 Å². The minimum atomic E-state index is -0.0667. The van der Waals surface area contributed by atoms with E-state index in [1.807, 2.05) is 0 Å². The van der Waals surface area contributed by atoms with E-state index in [-0.39, 0.29) is 11.0 Å². The van der Waals surface area contributed by atoms with Gasteiger partial charge >= 0.3 is 0 Å². The van der Waals surface area contributed by atoms with E-state index in [0.717, 1.165) is 0 Å². The maximum atomic E-state index is 2.59. The molecule has 0 aliphatic heterocycles. The van der Waals surface area contributed by atoms with Gasteiger partial charge in [0.2, 0.25) is 0 Å². The van der Waals surface area contributed by atoms with Gasteiger partial charge in [-0.25, -0.2) is 0 Å². The van der Waals surface area contributed by atoms with Crippen LogP contribution in [0.15, 0.2) is 91.0 Å². The molecule has 0 N–H and O–H groups in total. The van der Waals surface area contributed by atoms with E-state index < -0.39 is 0 Å². The Morgan fingerprint density at radius 1 is 0.686 bits per heavy atom. The second-order valence-corrected chi connectivity index (χ2v) is 11.8. The van der Waals surface area contributed by atoms with Crippen LogP contribution in [0.1, 0.15) is 70.1 Å². The number of fused-ring (bicyclic) bond motifs is 3. The summed E-state index contributed by atoms with van der Waals surface area (Å²) in [4.78, 5) is 2.59. The normalized spacial score (nSPS) is 16.0. The summed E-state index contributed by atoms with van der Waals surface area (Å²) in [6, 6.07) is 33.9. The third-order valence-electron chi connectivity index (χ3n) is 7.87. The lowest BCUT2D eigenvalue weighted by Crippen LogP contribution is -2.38. The molecule has 0 atom stereocenters. The molecule has 176 valence electrons. The Hall–Kier alpha value is -3.32. The molecular formula is C34H35N. The molecule has 1 heteroatoms. The summed E-state index contributed by atoms with van der Waals surface area (Å²) in [5, 5.41) is 0. The number of nitrogens with zero attached hydrogens (tertiary/aromatic N) is 1. The lowest BCUT2D eigenvalue weighted by molar-refractivity contribution is 0.558. The highest BCUT2D eigenvalue weighted by molar-refractivity contribution is 5.86. The van der Waals surface area contributed by atoms with Gasteiger partial charge in [0.1, 0.15) is 0 Å². The molecule has 4 aromatic carbocycles. The van der Waals surface area contributed by atoms with Crippen LogP contribution in [0.4, 0.5) is 11.4 Å². The molecule has 1 nitrogen and oxygen atoms in total. The van der Waals surface area contributed by atoms with Gasteiger partial charge in [0.25, 0.3) is 0 Å². The molecular weight excluding hydrogens is 422 g/mol. The molecule has 2 aliphatic carbocycles. The summed E-state index contributed by atoms with van der Waals surface area (Å²) in [5.41, 5.74) is 12.3. The van der Waals surface area contributed by atoms with Gasteiger partial charge in [-0.05, 0) is 103 Å². The van der Waals surface area contributed by atoms with E-state index >= 15 is 0 Å². The first kappa shape index (κ1) is 22.2. The van der Waals surface area contributed by atoms with Gasteiger partial charge < -0.3 is 4.90 Å². The average Bonchev–Trinajstić information content (AvgIpc) is 3.66. The molecule has 0 aromatic heterocycles. The van der Waals surface area contributed by atoms with Crippen LogP contribution in [0.25, 0.3) is 22.3 Å². The lowest BCUT2D eigenvalue weighted by atomic mass is 9.81. The summed E-state index contributed by atoms with van der Waals surface area (Å²) in [7, 11) is 0. The minimum Gasteiger partial charge on any atom is -0.336 e. The quantitative estimate of drug-likeness (QED) is 0.295. The van der Waals surface area contributed by atoms with Crippen molar-refractivity contribution in [3.05, 3.63) is 108 Å². The highest BCUT2D eigenvalue weighted by Gasteiger charge is 2.39. The minimum absolute atomic E-state index is 0.00179. The van der Waals surface area contributed by atoms with Gasteiger partial charge in [-0.2, -0.15) is 0 Å². The average molecular weight is 458 g/mol. The van der Waals surface area contributed by atoms with E-state index in [2.05, 4.69) is 131 Å². The molecule has 0 bridgehead atoms. The van der Waals surface area contributed by atoms with Gasteiger partial charge in [-0.1, -0.05) is 80.6 Å². The first-order valence-electron chi connectivity index (χ1n) is 13.0. The van der Waals surface area contributed by atoms with Crippen molar-refractivity contribution in [2.45, 2.75) is 64.3 Å². The molecule has 0 spiro atoms. The van der Waals surface area contributed by atoms with Crippen LogP contribution in [0.5, 0.6) is 0 Å². The van der Waals surface area contributed by atoms with Crippen molar-refractivity contribution in [1.29, 1.82) is 0 Å². The summed E-state index contributed by atoms with van der Waals surface area (Å²) < 4.78 is 0. The van der Waals surface area contributed by atoms with E-state index in [1.54, 1.807) is 0 Å². The Balaban J connectivity index is 1.56. The zero-order valence-electron chi connectivity index (χ0n) is 21.6. The summed E-state index contributed by atoms with van der Waals surface area (Å²) in [6.45, 7) is 11.8. The van der Waals surface area contributed by atoms with Gasteiger partial charge in [-0.3, -0.25) is 0 Å². The van der Waals surface area contributed by atoms with Crippen LogP contribution in [0.2, 0.25) is 0 Å². The van der Waals surface area contributed by atoms with Crippen LogP contribution >= 0.6 is 0 Å². The van der Waals surface area contributed by atoms with Crippen LogP contribution in [-0.2, 0) is 5.41 Å². The first-order valence-corrected chi connectivity index (χ1v) is 13.0. The highest BCUT2D eigenvalue weighted by atomic mass is 15.2. The predicted octanol–water partition coefficient (Wildman–Crippen LogP) is 9.47. The lowest BCUT2D eigenvalue weighted by Gasteiger charge is -2.40. The third kappa shape index (κ3) is 3.69. The van der Waals surface area contributed by atoms with E-state index in [0.29, 0.717) is 5.92 Å². The fraction of sp³-hybridized carbons (Fsp3) is 0.294. The zero-order chi connectivity index (χ0) is 24.4. The number of hydrogen-bond acceptors (Lipinski definition) is 1. The number of rotatable bonds is 4. The number of anilines is 2. The maximum Gasteiger partial charge on any atom is 0.0454 e. The largest absolute Gasteiger partial charge is 0.336 e. The molecule has 6 rings (SSSR count). The molecule has 0 amide bonds. The summed E-state index contributed by atoms with van der Waals surface area (Å²) in [6.07, 6.45) is 2.58. The molecule has 2 aliphatic rings. The van der Waals surface area contributed by atoms with Crippen molar-refractivity contribution in [2.75, 3.05) is 4.90 Å². The second-order valence-electron chi connectivity index (χ2n) is 11.8. The molecule has 35 heavy (non-hydrogen) atoms. The van der Waals surface area contributed by atoms with E-state index in [4.69, 9.17) is 0 Å². The number of hydrogen-bond donors (Lipinski definition) is 0. The molecule has 4 aromatic rings. The Morgan fingerprint density at radius 3 is 2.09 bits per heavy atom. The van der Waals surface area contributed by atoms with Gasteiger partial charge in [-0.15, -0.1) is 0 Å². The fourth-order valence-corrected chi connectivity index (χ4v) is 6.01. The van der Waals surface area contributed by atoms with E-state index in [1.165, 1.54) is 63.2 Å². The van der Waals surface area contributed by atoms with Crippen molar-refractivity contribution in [1.82, 2.24) is 0 Å². The molecule has 1 saturated carbocycles. The highest BCUT2D eigenvalue weighted by Crippen LogP contribution is 2.55. The van der Waals surface area contributed by atoms with Crippen LogP contribution in [0.3, 0.4) is 0 Å².